The van der Waals surface area contributed by atoms with Crippen molar-refractivity contribution in [2.45, 2.75) is 17.9 Å². The van der Waals surface area contributed by atoms with E-state index in [4.69, 9.17) is 4.42 Å². The molecule has 1 heterocycles. The van der Waals surface area contributed by atoms with Crippen molar-refractivity contribution in [1.82, 2.24) is 5.32 Å². The van der Waals surface area contributed by atoms with Gasteiger partial charge in [-0.3, -0.25) is 9.59 Å². The van der Waals surface area contributed by atoms with Crippen LogP contribution in [-0.4, -0.2) is 17.6 Å². The molecule has 0 bridgehead atoms. The van der Waals surface area contributed by atoms with E-state index in [-0.39, 0.29) is 23.4 Å². The zero-order valence-corrected chi connectivity index (χ0v) is 15.8. The largest absolute Gasteiger partial charge is 0.459 e. The number of hydrogen-bond acceptors (Lipinski definition) is 4. The second-order valence-corrected chi connectivity index (χ2v) is 7.13. The molecule has 0 fully saturated rings. The second kappa shape index (κ2) is 9.75. The van der Waals surface area contributed by atoms with E-state index in [1.165, 1.54) is 30.2 Å². The second-order valence-electron chi connectivity index (χ2n) is 5.96. The first-order chi connectivity index (χ1) is 13.6. The zero-order chi connectivity index (χ0) is 19.8. The van der Waals surface area contributed by atoms with Crippen molar-refractivity contribution in [3.63, 3.8) is 0 Å². The lowest BCUT2D eigenvalue weighted by Crippen LogP contribution is -2.23. The first-order valence-electron chi connectivity index (χ1n) is 8.69. The minimum atomic E-state index is -0.315. The highest BCUT2D eigenvalue weighted by Gasteiger charge is 2.08. The number of benzene rings is 2. The van der Waals surface area contributed by atoms with Crippen LogP contribution in [0.4, 0.5) is 10.1 Å². The Balaban J connectivity index is 1.38. The fourth-order valence-electron chi connectivity index (χ4n) is 2.39. The molecular weight excluding hydrogens is 379 g/mol. The Bertz CT molecular complexity index is 910. The molecule has 2 aromatic carbocycles. The normalized spacial score (nSPS) is 10.5. The maximum atomic E-state index is 12.9. The smallest absolute Gasteiger partial charge is 0.291 e. The summed E-state index contributed by atoms with van der Waals surface area (Å²) in [5.74, 6) is 0.230. The summed E-state index contributed by atoms with van der Waals surface area (Å²) >= 11 is 1.51. The lowest BCUT2D eigenvalue weighted by atomic mass is 10.2. The molecule has 0 aliphatic rings. The van der Waals surface area contributed by atoms with E-state index in [0.29, 0.717) is 24.4 Å². The number of anilines is 1. The van der Waals surface area contributed by atoms with Crippen LogP contribution < -0.4 is 10.6 Å². The number of carbonyl (C=O) groups excluding carboxylic acids is 2. The molecule has 0 unspecified atom stereocenters. The lowest BCUT2D eigenvalue weighted by molar-refractivity contribution is -0.120. The summed E-state index contributed by atoms with van der Waals surface area (Å²) in [7, 11) is 0. The minimum absolute atomic E-state index is 0.0511. The molecule has 2 amide bonds. The quantitative estimate of drug-likeness (QED) is 0.549. The summed E-state index contributed by atoms with van der Waals surface area (Å²) in [5.41, 5.74) is 1.57. The average molecular weight is 398 g/mol. The van der Waals surface area contributed by atoms with Crippen molar-refractivity contribution in [1.29, 1.82) is 0 Å². The van der Waals surface area contributed by atoms with Gasteiger partial charge in [0.1, 0.15) is 5.82 Å². The number of amides is 2. The molecule has 3 rings (SSSR count). The molecule has 0 atom stereocenters. The third kappa shape index (κ3) is 5.99. The molecule has 3 aromatic rings. The first kappa shape index (κ1) is 19.7. The van der Waals surface area contributed by atoms with Crippen molar-refractivity contribution < 1.29 is 18.4 Å². The molecule has 28 heavy (non-hydrogen) atoms. The van der Waals surface area contributed by atoms with E-state index in [9.17, 15) is 14.0 Å². The molecule has 0 aliphatic carbocycles. The Hall–Kier alpha value is -3.06. The summed E-state index contributed by atoms with van der Waals surface area (Å²) in [6, 6.07) is 16.7. The van der Waals surface area contributed by atoms with E-state index in [0.717, 1.165) is 10.5 Å². The fourth-order valence-corrected chi connectivity index (χ4v) is 3.24. The Labute approximate surface area is 166 Å². The van der Waals surface area contributed by atoms with Crippen LogP contribution in [0.1, 0.15) is 22.5 Å². The van der Waals surface area contributed by atoms with Gasteiger partial charge in [0.15, 0.2) is 5.76 Å². The molecule has 5 nitrogen and oxygen atoms in total. The van der Waals surface area contributed by atoms with Crippen LogP contribution in [0, 0.1) is 5.82 Å². The monoisotopic (exact) mass is 398 g/mol. The fraction of sp³-hybridized carbons (Fsp3) is 0.143. The number of furan rings is 1. The van der Waals surface area contributed by atoms with E-state index < -0.39 is 0 Å². The molecule has 2 N–H and O–H groups in total. The molecule has 0 aliphatic heterocycles. The summed E-state index contributed by atoms with van der Waals surface area (Å²) in [4.78, 5) is 24.8. The molecule has 0 saturated carbocycles. The predicted octanol–water partition coefficient (Wildman–Crippen LogP) is 4.47. The van der Waals surface area contributed by atoms with E-state index in [1.807, 2.05) is 12.1 Å². The number of rotatable bonds is 8. The van der Waals surface area contributed by atoms with Crippen molar-refractivity contribution in [3.05, 3.63) is 84.1 Å². The van der Waals surface area contributed by atoms with Gasteiger partial charge in [-0.15, -0.1) is 11.8 Å². The molecule has 0 radical (unpaired) electrons. The number of halogens is 1. The van der Waals surface area contributed by atoms with Crippen LogP contribution in [-0.2, 0) is 11.3 Å². The summed E-state index contributed by atoms with van der Waals surface area (Å²) in [5, 5.41) is 5.60. The van der Waals surface area contributed by atoms with Gasteiger partial charge in [0.25, 0.3) is 5.91 Å². The van der Waals surface area contributed by atoms with Gasteiger partial charge in [0.05, 0.1) is 6.26 Å². The lowest BCUT2D eigenvalue weighted by Gasteiger charge is -2.07. The highest BCUT2D eigenvalue weighted by Crippen LogP contribution is 2.18. The highest BCUT2D eigenvalue weighted by molar-refractivity contribution is 7.99. The Morgan fingerprint density at radius 2 is 1.75 bits per heavy atom. The van der Waals surface area contributed by atoms with Crippen molar-refractivity contribution >= 4 is 29.3 Å². The number of thioether (sulfide) groups is 1. The standard InChI is InChI=1S/C21H19FN2O3S/c22-16-5-9-18(10-6-16)28-13-11-20(25)23-14-15-3-7-17(8-4-15)24-21(26)19-2-1-12-27-19/h1-10,12H,11,13-14H2,(H,23,25)(H,24,26). The van der Waals surface area contributed by atoms with Crippen LogP contribution in [0.5, 0.6) is 0 Å². The third-order valence-corrected chi connectivity index (χ3v) is 4.87. The van der Waals surface area contributed by atoms with E-state index in [2.05, 4.69) is 10.6 Å². The molecule has 0 spiro atoms. The van der Waals surface area contributed by atoms with Crippen LogP contribution in [0.25, 0.3) is 0 Å². The van der Waals surface area contributed by atoms with Gasteiger partial charge in [-0.1, -0.05) is 12.1 Å². The molecular formula is C21H19FN2O3S. The molecule has 1 aromatic heterocycles. The van der Waals surface area contributed by atoms with Crippen LogP contribution in [0.3, 0.4) is 0 Å². The maximum Gasteiger partial charge on any atom is 0.291 e. The summed E-state index contributed by atoms with van der Waals surface area (Å²) in [6.07, 6.45) is 1.82. The Morgan fingerprint density at radius 1 is 1.00 bits per heavy atom. The number of hydrogen-bond donors (Lipinski definition) is 2. The van der Waals surface area contributed by atoms with E-state index in [1.54, 1.807) is 36.4 Å². The van der Waals surface area contributed by atoms with Gasteiger partial charge >= 0.3 is 0 Å². The Morgan fingerprint density at radius 3 is 2.43 bits per heavy atom. The van der Waals surface area contributed by atoms with Gasteiger partial charge < -0.3 is 15.1 Å². The van der Waals surface area contributed by atoms with Gasteiger partial charge in [-0.05, 0) is 54.1 Å². The Kier molecular flexibility index (Phi) is 6.86. The molecule has 144 valence electrons. The molecule has 0 saturated heterocycles. The van der Waals surface area contributed by atoms with Crippen molar-refractivity contribution in [2.75, 3.05) is 11.1 Å². The summed E-state index contributed by atoms with van der Waals surface area (Å²) in [6.45, 7) is 0.409. The van der Waals surface area contributed by atoms with Gasteiger partial charge in [0, 0.05) is 29.3 Å². The van der Waals surface area contributed by atoms with Gasteiger partial charge in [-0.25, -0.2) is 4.39 Å². The van der Waals surface area contributed by atoms with Crippen LogP contribution in [0.2, 0.25) is 0 Å². The van der Waals surface area contributed by atoms with Crippen molar-refractivity contribution in [3.8, 4) is 0 Å². The first-order valence-corrected chi connectivity index (χ1v) is 9.67. The van der Waals surface area contributed by atoms with Gasteiger partial charge in [0.2, 0.25) is 5.91 Å². The topological polar surface area (TPSA) is 71.3 Å². The highest BCUT2D eigenvalue weighted by atomic mass is 32.2. The number of carbonyl (C=O) groups is 2. The predicted molar refractivity (Wildman–Crippen MR) is 107 cm³/mol. The molecule has 7 heteroatoms. The van der Waals surface area contributed by atoms with Crippen LogP contribution >= 0.6 is 11.8 Å². The number of nitrogens with one attached hydrogen (secondary N) is 2. The minimum Gasteiger partial charge on any atom is -0.459 e. The SMILES string of the molecule is O=C(CCSc1ccc(F)cc1)NCc1ccc(NC(=O)c2ccco2)cc1. The van der Waals surface area contributed by atoms with Gasteiger partial charge in [-0.2, -0.15) is 0 Å². The third-order valence-electron chi connectivity index (χ3n) is 3.86. The zero-order valence-electron chi connectivity index (χ0n) is 15.0. The van der Waals surface area contributed by atoms with E-state index >= 15 is 0 Å². The summed E-state index contributed by atoms with van der Waals surface area (Å²) < 4.78 is 17.9. The van der Waals surface area contributed by atoms with Crippen molar-refractivity contribution in [2.24, 2.45) is 0 Å². The van der Waals surface area contributed by atoms with Crippen LogP contribution in [0.15, 0.2) is 76.2 Å². The maximum absolute atomic E-state index is 12.9. The average Bonchev–Trinajstić information content (AvgIpc) is 3.24.